The zero-order valence-corrected chi connectivity index (χ0v) is 16.9. The van der Waals surface area contributed by atoms with Crippen LogP contribution in [0.25, 0.3) is 0 Å². The Morgan fingerprint density at radius 1 is 1.03 bits per heavy atom. The summed E-state index contributed by atoms with van der Waals surface area (Å²) in [4.78, 5) is 16.8. The molecule has 0 bridgehead atoms. The third-order valence-corrected chi connectivity index (χ3v) is 5.21. The van der Waals surface area contributed by atoms with Crippen molar-refractivity contribution in [3.8, 4) is 5.75 Å². The number of para-hydroxylation sites is 2. The molecule has 1 amide bonds. The highest BCUT2D eigenvalue weighted by atomic mass is 19.4. The van der Waals surface area contributed by atoms with E-state index in [1.165, 1.54) is 18.2 Å². The van der Waals surface area contributed by atoms with Gasteiger partial charge in [0.2, 0.25) is 0 Å². The zero-order chi connectivity index (χ0) is 21.6. The van der Waals surface area contributed by atoms with Crippen LogP contribution in [0.2, 0.25) is 0 Å². The predicted molar refractivity (Wildman–Crippen MR) is 110 cm³/mol. The molecule has 3 rings (SSSR count). The first kappa shape index (κ1) is 22.0. The highest BCUT2D eigenvalue weighted by Crippen LogP contribution is 2.32. The van der Waals surface area contributed by atoms with Crippen molar-refractivity contribution in [3.05, 3.63) is 59.7 Å². The Kier molecular flexibility index (Phi) is 7.20. The molecule has 162 valence electrons. The fourth-order valence-electron chi connectivity index (χ4n) is 3.63. The molecule has 1 aliphatic heterocycles. The van der Waals surface area contributed by atoms with Gasteiger partial charge in [0.15, 0.2) is 0 Å². The molecule has 2 aromatic carbocycles. The van der Waals surface area contributed by atoms with E-state index in [0.29, 0.717) is 13.0 Å². The monoisotopic (exact) mass is 421 g/mol. The summed E-state index contributed by atoms with van der Waals surface area (Å²) >= 11 is 0. The smallest absolute Gasteiger partial charge is 0.417 e. The van der Waals surface area contributed by atoms with Crippen molar-refractivity contribution in [1.29, 1.82) is 0 Å². The van der Waals surface area contributed by atoms with Gasteiger partial charge in [-0.1, -0.05) is 24.3 Å². The number of carbonyl (C=O) groups excluding carboxylic acids is 1. The number of rotatable bonds is 7. The molecule has 0 atom stereocenters. The largest absolute Gasteiger partial charge is 0.495 e. The first-order valence-electron chi connectivity index (χ1n) is 9.95. The lowest BCUT2D eigenvalue weighted by Crippen LogP contribution is -2.47. The number of hydrogen-bond donors (Lipinski definition) is 1. The maximum absolute atomic E-state index is 13.0. The van der Waals surface area contributed by atoms with E-state index in [4.69, 9.17) is 4.74 Å². The summed E-state index contributed by atoms with van der Waals surface area (Å²) in [6, 6.07) is 12.8. The Labute approximate surface area is 174 Å². The molecule has 8 heteroatoms. The molecule has 1 N–H and O–H groups in total. The van der Waals surface area contributed by atoms with Crippen LogP contribution in [-0.2, 0) is 6.18 Å². The number of methoxy groups -OCH3 is 1. The third-order valence-electron chi connectivity index (χ3n) is 5.21. The molecule has 5 nitrogen and oxygen atoms in total. The second-order valence-corrected chi connectivity index (χ2v) is 7.15. The van der Waals surface area contributed by atoms with Crippen LogP contribution >= 0.6 is 0 Å². The molecule has 0 unspecified atom stereocenters. The zero-order valence-electron chi connectivity index (χ0n) is 16.9. The van der Waals surface area contributed by atoms with Crippen LogP contribution in [0, 0.1) is 0 Å². The Bertz CT molecular complexity index is 850. The Morgan fingerprint density at radius 2 is 1.70 bits per heavy atom. The molecule has 0 saturated carbocycles. The van der Waals surface area contributed by atoms with Gasteiger partial charge in [0.05, 0.1) is 23.9 Å². The summed E-state index contributed by atoms with van der Waals surface area (Å²) in [5, 5.41) is 2.61. The van der Waals surface area contributed by atoms with E-state index < -0.39 is 17.6 Å². The average molecular weight is 421 g/mol. The number of amides is 1. The second kappa shape index (κ2) is 9.84. The maximum atomic E-state index is 13.0. The molecule has 0 radical (unpaired) electrons. The van der Waals surface area contributed by atoms with Crippen LogP contribution in [-0.4, -0.2) is 57.2 Å². The van der Waals surface area contributed by atoms with Crippen LogP contribution < -0.4 is 15.0 Å². The molecule has 1 fully saturated rings. The molecule has 1 aliphatic rings. The fourth-order valence-corrected chi connectivity index (χ4v) is 3.63. The number of nitrogens with zero attached hydrogens (tertiary/aromatic N) is 2. The number of benzene rings is 2. The standard InChI is InChI=1S/C22H26F3N3O2/c1-30-20-10-5-4-9-19(20)28-15-13-27(14-16-28)12-6-11-26-21(29)17-7-2-3-8-18(17)22(23,24)25/h2-5,7-10H,6,11-16H2,1H3,(H,26,29). The quantitative estimate of drug-likeness (QED) is 0.694. The van der Waals surface area contributed by atoms with E-state index in [-0.39, 0.29) is 5.56 Å². The van der Waals surface area contributed by atoms with Gasteiger partial charge in [-0.05, 0) is 37.2 Å². The van der Waals surface area contributed by atoms with Crippen LogP contribution in [0.4, 0.5) is 18.9 Å². The SMILES string of the molecule is COc1ccccc1N1CCN(CCCNC(=O)c2ccccc2C(F)(F)F)CC1. The number of piperazine rings is 1. The van der Waals surface area contributed by atoms with E-state index in [1.807, 2.05) is 24.3 Å². The average Bonchev–Trinajstić information content (AvgIpc) is 2.76. The summed E-state index contributed by atoms with van der Waals surface area (Å²) in [6.45, 7) is 4.60. The van der Waals surface area contributed by atoms with Gasteiger partial charge in [-0.2, -0.15) is 13.2 Å². The first-order chi connectivity index (χ1) is 14.4. The highest BCUT2D eigenvalue weighted by molar-refractivity contribution is 5.95. The lowest BCUT2D eigenvalue weighted by Gasteiger charge is -2.36. The number of alkyl halides is 3. The minimum atomic E-state index is -4.55. The molecule has 1 heterocycles. The number of carbonyl (C=O) groups is 1. The van der Waals surface area contributed by atoms with E-state index >= 15 is 0 Å². The summed E-state index contributed by atoms with van der Waals surface area (Å²) < 4.78 is 44.6. The summed E-state index contributed by atoms with van der Waals surface area (Å²) in [7, 11) is 1.66. The number of hydrogen-bond acceptors (Lipinski definition) is 4. The summed E-state index contributed by atoms with van der Waals surface area (Å²) in [5.74, 6) is 0.164. The Balaban J connectivity index is 1.43. The normalized spacial score (nSPS) is 15.1. The minimum absolute atomic E-state index is 0.331. The minimum Gasteiger partial charge on any atom is -0.495 e. The van der Waals surface area contributed by atoms with Gasteiger partial charge in [-0.3, -0.25) is 9.69 Å². The highest BCUT2D eigenvalue weighted by Gasteiger charge is 2.34. The van der Waals surface area contributed by atoms with Gasteiger partial charge < -0.3 is 15.0 Å². The summed E-state index contributed by atoms with van der Waals surface area (Å²) in [5.41, 5.74) is -0.166. The lowest BCUT2D eigenvalue weighted by molar-refractivity contribution is -0.137. The number of nitrogens with one attached hydrogen (secondary N) is 1. The third kappa shape index (κ3) is 5.44. The predicted octanol–water partition coefficient (Wildman–Crippen LogP) is 3.66. The van der Waals surface area contributed by atoms with Crippen molar-refractivity contribution in [2.24, 2.45) is 0 Å². The van der Waals surface area contributed by atoms with Crippen molar-refractivity contribution in [2.75, 3.05) is 51.3 Å². The first-order valence-corrected chi connectivity index (χ1v) is 9.95. The van der Waals surface area contributed by atoms with Crippen molar-refractivity contribution in [3.63, 3.8) is 0 Å². The van der Waals surface area contributed by atoms with Gasteiger partial charge in [-0.15, -0.1) is 0 Å². The fraction of sp³-hybridized carbons (Fsp3) is 0.409. The maximum Gasteiger partial charge on any atom is 0.417 e. The van der Waals surface area contributed by atoms with E-state index in [1.54, 1.807) is 7.11 Å². The van der Waals surface area contributed by atoms with Crippen LogP contribution in [0.5, 0.6) is 5.75 Å². The van der Waals surface area contributed by atoms with Crippen molar-refractivity contribution >= 4 is 11.6 Å². The Hall–Kier alpha value is -2.74. The molecular formula is C22H26F3N3O2. The van der Waals surface area contributed by atoms with Gasteiger partial charge in [0.1, 0.15) is 5.75 Å². The van der Waals surface area contributed by atoms with Crippen LogP contribution in [0.15, 0.2) is 48.5 Å². The van der Waals surface area contributed by atoms with Gasteiger partial charge >= 0.3 is 6.18 Å². The molecule has 0 aliphatic carbocycles. The molecule has 2 aromatic rings. The number of ether oxygens (including phenoxy) is 1. The molecular weight excluding hydrogens is 395 g/mol. The molecule has 30 heavy (non-hydrogen) atoms. The number of halogens is 3. The lowest BCUT2D eigenvalue weighted by atomic mass is 10.1. The van der Waals surface area contributed by atoms with E-state index in [9.17, 15) is 18.0 Å². The summed E-state index contributed by atoms with van der Waals surface area (Å²) in [6.07, 6.45) is -3.87. The van der Waals surface area contributed by atoms with E-state index in [2.05, 4.69) is 15.1 Å². The Morgan fingerprint density at radius 3 is 2.40 bits per heavy atom. The van der Waals surface area contributed by atoms with Crippen molar-refractivity contribution < 1.29 is 22.7 Å². The molecule has 0 aromatic heterocycles. The van der Waals surface area contributed by atoms with Crippen LogP contribution in [0.3, 0.4) is 0 Å². The van der Waals surface area contributed by atoms with Gasteiger partial charge in [0.25, 0.3) is 5.91 Å². The molecule has 1 saturated heterocycles. The van der Waals surface area contributed by atoms with Crippen molar-refractivity contribution in [1.82, 2.24) is 10.2 Å². The number of anilines is 1. The van der Waals surface area contributed by atoms with Gasteiger partial charge in [0, 0.05) is 32.7 Å². The van der Waals surface area contributed by atoms with Crippen LogP contribution in [0.1, 0.15) is 22.3 Å². The topological polar surface area (TPSA) is 44.8 Å². The van der Waals surface area contributed by atoms with Gasteiger partial charge in [-0.25, -0.2) is 0 Å². The van der Waals surface area contributed by atoms with E-state index in [0.717, 1.165) is 50.2 Å². The second-order valence-electron chi connectivity index (χ2n) is 7.15. The molecule has 0 spiro atoms. The van der Waals surface area contributed by atoms with Crippen molar-refractivity contribution in [2.45, 2.75) is 12.6 Å².